The van der Waals surface area contributed by atoms with Crippen molar-refractivity contribution >= 4 is 17.9 Å². The van der Waals surface area contributed by atoms with Crippen LogP contribution in [0.15, 0.2) is 36.9 Å². The molecule has 0 aromatic heterocycles. The lowest BCUT2D eigenvalue weighted by Gasteiger charge is -2.34. The molecule has 34 heavy (non-hydrogen) atoms. The Balaban J connectivity index is 3.35. The highest BCUT2D eigenvalue weighted by atomic mass is 16.6. The maximum absolute atomic E-state index is 13.8. The number of unbranched alkanes of at least 4 members (excludes halogenated alkanes) is 1. The summed E-state index contributed by atoms with van der Waals surface area (Å²) in [5, 5.41) is 5.69. The third kappa shape index (κ3) is 9.98. The molecule has 0 spiro atoms. The van der Waals surface area contributed by atoms with Gasteiger partial charge in [-0.15, -0.1) is 6.58 Å². The first-order valence-corrected chi connectivity index (χ1v) is 12.1. The van der Waals surface area contributed by atoms with Crippen LogP contribution in [0.25, 0.3) is 0 Å². The molecule has 190 valence electrons. The molecule has 0 heterocycles. The van der Waals surface area contributed by atoms with Crippen molar-refractivity contribution in [2.24, 2.45) is 5.92 Å². The number of benzene rings is 1. The largest absolute Gasteiger partial charge is 0.444 e. The second kappa shape index (κ2) is 13.8. The van der Waals surface area contributed by atoms with Crippen LogP contribution < -0.4 is 10.6 Å². The van der Waals surface area contributed by atoms with E-state index < -0.39 is 23.8 Å². The molecule has 2 N–H and O–H groups in total. The number of hydrogen-bond donors (Lipinski definition) is 2. The first-order chi connectivity index (χ1) is 15.9. The Morgan fingerprint density at radius 2 is 1.76 bits per heavy atom. The van der Waals surface area contributed by atoms with Gasteiger partial charge in [0.25, 0.3) is 0 Å². The summed E-state index contributed by atoms with van der Waals surface area (Å²) in [7, 11) is 0. The molecule has 0 radical (unpaired) electrons. The maximum Gasteiger partial charge on any atom is 0.408 e. The van der Waals surface area contributed by atoms with Crippen LogP contribution in [0.5, 0.6) is 0 Å². The molecule has 0 fully saturated rings. The van der Waals surface area contributed by atoms with Gasteiger partial charge in [0.05, 0.1) is 0 Å². The van der Waals surface area contributed by atoms with E-state index >= 15 is 0 Å². The molecule has 2 unspecified atom stereocenters. The molecule has 0 saturated heterocycles. The number of alkyl carbamates (subject to hydrolysis) is 1. The lowest BCUT2D eigenvalue weighted by molar-refractivity contribution is -0.142. The summed E-state index contributed by atoms with van der Waals surface area (Å²) in [5.41, 5.74) is 1.06. The van der Waals surface area contributed by atoms with Crippen molar-refractivity contribution in [3.63, 3.8) is 0 Å². The molecule has 1 rings (SSSR count). The number of aryl methyl sites for hydroxylation is 1. The monoisotopic (exact) mass is 473 g/mol. The van der Waals surface area contributed by atoms with Crippen molar-refractivity contribution in [1.29, 1.82) is 0 Å². The molecule has 7 nitrogen and oxygen atoms in total. The summed E-state index contributed by atoms with van der Waals surface area (Å²) in [6.07, 6.45) is 3.13. The van der Waals surface area contributed by atoms with Crippen LogP contribution in [0.4, 0.5) is 4.79 Å². The Kier molecular flexibility index (Phi) is 11.8. The van der Waals surface area contributed by atoms with Gasteiger partial charge in [-0.1, -0.05) is 63.1 Å². The minimum Gasteiger partial charge on any atom is -0.444 e. The molecule has 0 aliphatic heterocycles. The fourth-order valence-corrected chi connectivity index (χ4v) is 3.51. The number of carbonyl (C=O) groups excluding carboxylic acids is 3. The number of nitrogens with zero attached hydrogens (tertiary/aromatic N) is 1. The fourth-order valence-electron chi connectivity index (χ4n) is 3.51. The standard InChI is InChI=1S/C27H43N3O4/c1-9-11-16-28-24(31)23(21-14-12-20(5)13-15-21)30(17-10-2)25(32)22(18-19(3)4)29-26(33)34-27(6,7)8/h10,12-15,19,22-23H,2,9,11,16-18H2,1,3-8H3,(H,28,31)(H,29,33). The quantitative estimate of drug-likeness (QED) is 0.334. The number of rotatable bonds is 12. The summed E-state index contributed by atoms with van der Waals surface area (Å²) in [6.45, 7) is 17.8. The number of hydrogen-bond acceptors (Lipinski definition) is 4. The molecule has 7 heteroatoms. The summed E-state index contributed by atoms with van der Waals surface area (Å²) in [6, 6.07) is 5.87. The topological polar surface area (TPSA) is 87.7 Å². The number of ether oxygens (including phenoxy) is 1. The van der Waals surface area contributed by atoms with Crippen LogP contribution >= 0.6 is 0 Å². The summed E-state index contributed by atoms with van der Waals surface area (Å²) in [4.78, 5) is 41.1. The lowest BCUT2D eigenvalue weighted by Crippen LogP contribution is -2.53. The minimum absolute atomic E-state index is 0.130. The highest BCUT2D eigenvalue weighted by Crippen LogP contribution is 2.24. The van der Waals surface area contributed by atoms with Gasteiger partial charge in [-0.05, 0) is 52.0 Å². The van der Waals surface area contributed by atoms with Crippen LogP contribution in [0, 0.1) is 12.8 Å². The lowest BCUT2D eigenvalue weighted by atomic mass is 9.98. The third-order valence-corrected chi connectivity index (χ3v) is 5.09. The van der Waals surface area contributed by atoms with Crippen molar-refractivity contribution in [3.8, 4) is 0 Å². The second-order valence-electron chi connectivity index (χ2n) is 10.1. The fraction of sp³-hybridized carbons (Fsp3) is 0.593. The molecule has 0 aliphatic rings. The van der Waals surface area contributed by atoms with Gasteiger partial charge in [-0.3, -0.25) is 9.59 Å². The Bertz CT molecular complexity index is 812. The highest BCUT2D eigenvalue weighted by molar-refractivity contribution is 5.92. The first-order valence-electron chi connectivity index (χ1n) is 12.1. The predicted molar refractivity (Wildman–Crippen MR) is 136 cm³/mol. The van der Waals surface area contributed by atoms with Crippen LogP contribution in [-0.4, -0.2) is 47.5 Å². The van der Waals surface area contributed by atoms with Crippen molar-refractivity contribution in [3.05, 3.63) is 48.0 Å². The van der Waals surface area contributed by atoms with E-state index in [1.54, 1.807) is 26.8 Å². The first kappa shape index (κ1) is 29.2. The second-order valence-corrected chi connectivity index (χ2v) is 10.1. The molecular formula is C27H43N3O4. The van der Waals surface area contributed by atoms with E-state index in [0.29, 0.717) is 18.5 Å². The summed E-state index contributed by atoms with van der Waals surface area (Å²) >= 11 is 0. The maximum atomic E-state index is 13.8. The van der Waals surface area contributed by atoms with E-state index in [1.807, 2.05) is 45.0 Å². The van der Waals surface area contributed by atoms with E-state index in [1.165, 1.54) is 4.90 Å². The predicted octanol–water partition coefficient (Wildman–Crippen LogP) is 4.91. The Morgan fingerprint density at radius 3 is 2.26 bits per heavy atom. The molecule has 2 atom stereocenters. The number of amides is 3. The van der Waals surface area contributed by atoms with E-state index in [0.717, 1.165) is 18.4 Å². The zero-order chi connectivity index (χ0) is 25.9. The van der Waals surface area contributed by atoms with Gasteiger partial charge in [-0.2, -0.15) is 0 Å². The van der Waals surface area contributed by atoms with Gasteiger partial charge >= 0.3 is 6.09 Å². The molecule has 0 bridgehead atoms. The van der Waals surface area contributed by atoms with Crippen molar-refractivity contribution in [2.75, 3.05) is 13.1 Å². The Hall–Kier alpha value is -2.83. The van der Waals surface area contributed by atoms with Gasteiger partial charge in [-0.25, -0.2) is 4.79 Å². The smallest absolute Gasteiger partial charge is 0.408 e. The normalized spacial score (nSPS) is 13.1. The minimum atomic E-state index is -0.849. The SMILES string of the molecule is C=CCN(C(=O)C(CC(C)C)NC(=O)OC(C)(C)C)C(C(=O)NCCCC)c1ccc(C)cc1. The van der Waals surface area contributed by atoms with Crippen LogP contribution in [0.2, 0.25) is 0 Å². The molecule has 1 aromatic carbocycles. The zero-order valence-electron chi connectivity index (χ0n) is 21.9. The Labute approximate surface area is 205 Å². The van der Waals surface area contributed by atoms with Crippen LogP contribution in [0.3, 0.4) is 0 Å². The van der Waals surface area contributed by atoms with Gasteiger partial charge in [0.2, 0.25) is 11.8 Å². The van der Waals surface area contributed by atoms with E-state index in [2.05, 4.69) is 24.1 Å². The van der Waals surface area contributed by atoms with Gasteiger partial charge in [0.15, 0.2) is 0 Å². The van der Waals surface area contributed by atoms with Crippen molar-refractivity contribution in [1.82, 2.24) is 15.5 Å². The average molecular weight is 474 g/mol. The Morgan fingerprint density at radius 1 is 1.15 bits per heavy atom. The molecular weight excluding hydrogens is 430 g/mol. The average Bonchev–Trinajstić information content (AvgIpc) is 2.72. The van der Waals surface area contributed by atoms with Gasteiger partial charge in [0.1, 0.15) is 17.7 Å². The molecule has 0 saturated carbocycles. The third-order valence-electron chi connectivity index (χ3n) is 5.09. The highest BCUT2D eigenvalue weighted by Gasteiger charge is 2.35. The summed E-state index contributed by atoms with van der Waals surface area (Å²) < 4.78 is 5.39. The zero-order valence-corrected chi connectivity index (χ0v) is 21.9. The number of carbonyl (C=O) groups is 3. The van der Waals surface area contributed by atoms with Crippen LogP contribution in [-0.2, 0) is 14.3 Å². The summed E-state index contributed by atoms with van der Waals surface area (Å²) in [5.74, 6) is -0.477. The van der Waals surface area contributed by atoms with E-state index in [4.69, 9.17) is 4.74 Å². The van der Waals surface area contributed by atoms with Crippen molar-refractivity contribution in [2.45, 2.75) is 85.4 Å². The molecule has 1 aromatic rings. The molecule has 0 aliphatic carbocycles. The van der Waals surface area contributed by atoms with Gasteiger partial charge in [0, 0.05) is 13.1 Å². The van der Waals surface area contributed by atoms with Gasteiger partial charge < -0.3 is 20.3 Å². The van der Waals surface area contributed by atoms with Crippen molar-refractivity contribution < 1.29 is 19.1 Å². The van der Waals surface area contributed by atoms with E-state index in [9.17, 15) is 14.4 Å². The van der Waals surface area contributed by atoms with Crippen LogP contribution in [0.1, 0.15) is 78.0 Å². The van der Waals surface area contributed by atoms with E-state index in [-0.39, 0.29) is 24.3 Å². The number of nitrogens with one attached hydrogen (secondary N) is 2. The molecule has 3 amide bonds.